The molecular weight excluding hydrogens is 537 g/mol. The Labute approximate surface area is 199 Å². The molecule has 1 aliphatic rings. The van der Waals surface area contributed by atoms with Gasteiger partial charge >= 0.3 is 0 Å². The van der Waals surface area contributed by atoms with Crippen LogP contribution in [0.4, 0.5) is 5.13 Å². The summed E-state index contributed by atoms with van der Waals surface area (Å²) in [5, 5.41) is 9.52. The molecule has 0 bridgehead atoms. The van der Waals surface area contributed by atoms with Crippen molar-refractivity contribution < 1.29 is 8.42 Å². The lowest BCUT2D eigenvalue weighted by Crippen LogP contribution is -2.52. The average Bonchev–Trinajstić information content (AvgIpc) is 3.20. The number of hydrogen-bond acceptors (Lipinski definition) is 7. The third-order valence-electron chi connectivity index (χ3n) is 4.60. The summed E-state index contributed by atoms with van der Waals surface area (Å²) >= 11 is 1.45. The molecule has 1 aromatic heterocycles. The van der Waals surface area contributed by atoms with E-state index >= 15 is 0 Å². The van der Waals surface area contributed by atoms with Crippen molar-refractivity contribution in [2.75, 3.05) is 37.6 Å². The molecule has 1 aromatic carbocycles. The molecule has 0 radical (unpaired) electrons. The van der Waals surface area contributed by atoms with E-state index in [1.54, 1.807) is 12.1 Å². The van der Waals surface area contributed by atoms with Gasteiger partial charge in [-0.3, -0.25) is 0 Å². The van der Waals surface area contributed by atoms with Gasteiger partial charge in [-0.1, -0.05) is 19.1 Å². The number of nitrogens with two attached hydrogens (primary N) is 1. The van der Waals surface area contributed by atoms with Crippen molar-refractivity contribution in [3.05, 3.63) is 35.7 Å². The molecule has 3 rings (SSSR count). The van der Waals surface area contributed by atoms with Crippen LogP contribution in [0.3, 0.4) is 0 Å². The average molecular weight is 566 g/mol. The van der Waals surface area contributed by atoms with Gasteiger partial charge in [0.05, 0.1) is 11.4 Å². The standard InChI is InChI=1S/C18H27N7O2S2.HI/c1-3-16-22-18(28-23-16)25-10-8-24(9-11-25)17(20-4-2)21-13-14-6-5-7-15(12-14)29(19,26)27;/h5-7,12H,3-4,8-11,13H2,1-2H3,(H,20,21)(H2,19,26,27);1H. The van der Waals surface area contributed by atoms with E-state index in [1.807, 2.05) is 13.0 Å². The van der Waals surface area contributed by atoms with Gasteiger partial charge in [0.2, 0.25) is 15.2 Å². The number of aryl methyl sites for hydroxylation is 1. The first-order valence-corrected chi connectivity index (χ1v) is 11.9. The van der Waals surface area contributed by atoms with Crippen LogP contribution in [0.25, 0.3) is 0 Å². The van der Waals surface area contributed by atoms with Crippen molar-refractivity contribution in [2.24, 2.45) is 10.1 Å². The van der Waals surface area contributed by atoms with E-state index in [9.17, 15) is 8.42 Å². The van der Waals surface area contributed by atoms with E-state index in [2.05, 4.69) is 31.4 Å². The fourth-order valence-electron chi connectivity index (χ4n) is 3.04. The summed E-state index contributed by atoms with van der Waals surface area (Å²) in [5.41, 5.74) is 0.798. The highest BCUT2D eigenvalue weighted by Crippen LogP contribution is 2.19. The van der Waals surface area contributed by atoms with Crippen molar-refractivity contribution >= 4 is 56.6 Å². The zero-order chi connectivity index (χ0) is 20.9. The first-order valence-electron chi connectivity index (χ1n) is 9.63. The van der Waals surface area contributed by atoms with Crippen molar-refractivity contribution in [1.82, 2.24) is 19.6 Å². The number of nitrogens with one attached hydrogen (secondary N) is 1. The number of aromatic nitrogens is 2. The van der Waals surface area contributed by atoms with E-state index in [-0.39, 0.29) is 28.9 Å². The third-order valence-corrected chi connectivity index (χ3v) is 6.32. The predicted octanol–water partition coefficient (Wildman–Crippen LogP) is 1.65. The SMILES string of the molecule is CCNC(=NCc1cccc(S(N)(=O)=O)c1)N1CCN(c2nc(CC)ns2)CC1.I. The number of nitrogens with zero attached hydrogens (tertiary/aromatic N) is 5. The number of hydrogen-bond donors (Lipinski definition) is 2. The zero-order valence-corrected chi connectivity index (χ0v) is 21.1. The number of anilines is 1. The zero-order valence-electron chi connectivity index (χ0n) is 17.1. The number of halogens is 1. The molecule has 1 fully saturated rings. The molecule has 0 unspecified atom stereocenters. The second-order valence-electron chi connectivity index (χ2n) is 6.68. The van der Waals surface area contributed by atoms with Gasteiger partial charge in [-0.2, -0.15) is 4.37 Å². The molecule has 2 heterocycles. The number of piperazine rings is 1. The Bertz CT molecular complexity index is 957. The number of guanidine groups is 1. The van der Waals surface area contributed by atoms with Crippen LogP contribution in [-0.2, 0) is 23.0 Å². The third kappa shape index (κ3) is 6.49. The van der Waals surface area contributed by atoms with Gasteiger partial charge in [-0.15, -0.1) is 24.0 Å². The maximum atomic E-state index is 11.5. The summed E-state index contributed by atoms with van der Waals surface area (Å²) in [7, 11) is -3.72. The first-order chi connectivity index (χ1) is 13.9. The summed E-state index contributed by atoms with van der Waals surface area (Å²) < 4.78 is 27.5. The number of sulfonamides is 1. The minimum atomic E-state index is -3.72. The molecule has 30 heavy (non-hydrogen) atoms. The lowest BCUT2D eigenvalue weighted by molar-refractivity contribution is 0.372. The van der Waals surface area contributed by atoms with Crippen LogP contribution in [0.2, 0.25) is 0 Å². The van der Waals surface area contributed by atoms with Gasteiger partial charge < -0.3 is 15.1 Å². The van der Waals surface area contributed by atoms with Crippen LogP contribution in [0.1, 0.15) is 25.2 Å². The number of aliphatic imine (C=N–C) groups is 1. The van der Waals surface area contributed by atoms with Crippen molar-refractivity contribution in [3.63, 3.8) is 0 Å². The number of primary sulfonamides is 1. The predicted molar refractivity (Wildman–Crippen MR) is 131 cm³/mol. The summed E-state index contributed by atoms with van der Waals surface area (Å²) in [6.45, 7) is 8.57. The maximum Gasteiger partial charge on any atom is 0.238 e. The first kappa shape index (κ1) is 24.8. The van der Waals surface area contributed by atoms with Gasteiger partial charge in [-0.25, -0.2) is 23.5 Å². The minimum absolute atomic E-state index is 0. The molecule has 166 valence electrons. The topological polar surface area (TPSA) is 117 Å². The smallest absolute Gasteiger partial charge is 0.238 e. The summed E-state index contributed by atoms with van der Waals surface area (Å²) in [5.74, 6) is 1.71. The monoisotopic (exact) mass is 565 g/mol. The van der Waals surface area contributed by atoms with E-state index in [4.69, 9.17) is 10.1 Å². The Kier molecular flexibility index (Phi) is 9.25. The van der Waals surface area contributed by atoms with Gasteiger partial charge in [0.15, 0.2) is 5.96 Å². The van der Waals surface area contributed by atoms with E-state index in [0.717, 1.165) is 61.6 Å². The molecule has 2 aromatic rings. The van der Waals surface area contributed by atoms with Crippen LogP contribution in [-0.4, -0.2) is 61.4 Å². The maximum absolute atomic E-state index is 11.5. The molecule has 0 amide bonds. The Hall–Kier alpha value is -1.51. The van der Waals surface area contributed by atoms with Crippen LogP contribution in [0.5, 0.6) is 0 Å². The summed E-state index contributed by atoms with van der Waals surface area (Å²) in [6, 6.07) is 6.59. The second-order valence-corrected chi connectivity index (χ2v) is 8.98. The van der Waals surface area contributed by atoms with Gasteiger partial charge in [-0.05, 0) is 24.6 Å². The quantitative estimate of drug-likeness (QED) is 0.311. The van der Waals surface area contributed by atoms with Crippen LogP contribution in [0.15, 0.2) is 34.2 Å². The molecule has 0 atom stereocenters. The number of rotatable bonds is 6. The molecule has 0 aliphatic carbocycles. The number of benzene rings is 1. The highest BCUT2D eigenvalue weighted by molar-refractivity contribution is 14.0. The Morgan fingerprint density at radius 1 is 1.27 bits per heavy atom. The molecule has 1 aliphatic heterocycles. The van der Waals surface area contributed by atoms with E-state index < -0.39 is 10.0 Å². The fourth-order valence-corrected chi connectivity index (χ4v) is 4.42. The molecule has 12 heteroatoms. The van der Waals surface area contributed by atoms with Gasteiger partial charge in [0.1, 0.15) is 5.82 Å². The Morgan fingerprint density at radius 3 is 2.60 bits per heavy atom. The van der Waals surface area contributed by atoms with Crippen molar-refractivity contribution in [1.29, 1.82) is 0 Å². The van der Waals surface area contributed by atoms with Crippen LogP contribution >= 0.6 is 35.5 Å². The lowest BCUT2D eigenvalue weighted by Gasteiger charge is -2.36. The Balaban J connectivity index is 0.00000320. The van der Waals surface area contributed by atoms with Gasteiger partial charge in [0, 0.05) is 50.7 Å². The molecule has 9 nitrogen and oxygen atoms in total. The highest BCUT2D eigenvalue weighted by atomic mass is 127. The fraction of sp³-hybridized carbons (Fsp3) is 0.500. The Morgan fingerprint density at radius 2 is 2.00 bits per heavy atom. The second kappa shape index (κ2) is 11.2. The van der Waals surface area contributed by atoms with Gasteiger partial charge in [0.25, 0.3) is 0 Å². The van der Waals surface area contributed by atoms with Crippen LogP contribution < -0.4 is 15.4 Å². The van der Waals surface area contributed by atoms with E-state index in [0.29, 0.717) is 6.54 Å². The lowest BCUT2D eigenvalue weighted by atomic mass is 10.2. The van der Waals surface area contributed by atoms with Crippen molar-refractivity contribution in [3.8, 4) is 0 Å². The minimum Gasteiger partial charge on any atom is -0.357 e. The molecule has 1 saturated heterocycles. The van der Waals surface area contributed by atoms with E-state index in [1.165, 1.54) is 17.6 Å². The summed E-state index contributed by atoms with van der Waals surface area (Å²) in [4.78, 5) is 13.8. The molecule has 3 N–H and O–H groups in total. The summed E-state index contributed by atoms with van der Waals surface area (Å²) in [6.07, 6.45) is 0.848. The molecule has 0 spiro atoms. The highest BCUT2D eigenvalue weighted by Gasteiger charge is 2.22. The van der Waals surface area contributed by atoms with Crippen LogP contribution in [0, 0.1) is 0 Å². The van der Waals surface area contributed by atoms with Crippen molar-refractivity contribution in [2.45, 2.75) is 31.7 Å². The molecular formula is C18H28IN7O2S2. The molecule has 0 saturated carbocycles. The largest absolute Gasteiger partial charge is 0.357 e. The normalized spacial score (nSPS) is 15.1.